The number of nitrogens with zero attached hydrogens (tertiary/aromatic N) is 3. The molecule has 0 unspecified atom stereocenters. The lowest BCUT2D eigenvalue weighted by Crippen LogP contribution is -1.89. The van der Waals surface area contributed by atoms with Crippen molar-refractivity contribution in [2.75, 3.05) is 5.75 Å². The normalized spacial score (nSPS) is 14.5. The minimum Gasteiger partial charge on any atom is -0.325 e. The van der Waals surface area contributed by atoms with Gasteiger partial charge in [0.05, 0.1) is 18.2 Å². The van der Waals surface area contributed by atoms with Gasteiger partial charge in [-0.2, -0.15) is 5.26 Å². The lowest BCUT2D eigenvalue weighted by Gasteiger charge is -1.87. The van der Waals surface area contributed by atoms with Gasteiger partial charge in [-0.25, -0.2) is 4.98 Å². The molecule has 1 aliphatic heterocycles. The molecule has 0 saturated heterocycles. The van der Waals surface area contributed by atoms with Crippen LogP contribution in [0.3, 0.4) is 0 Å². The van der Waals surface area contributed by atoms with Crippen LogP contribution < -0.4 is 0 Å². The molecular weight excluding hydrogens is 158 g/mol. The van der Waals surface area contributed by atoms with Crippen molar-refractivity contribution in [1.29, 1.82) is 5.26 Å². The predicted octanol–water partition coefficient (Wildman–Crippen LogP) is 1.05. The van der Waals surface area contributed by atoms with E-state index in [-0.39, 0.29) is 0 Å². The molecule has 3 nitrogen and oxygen atoms in total. The van der Waals surface area contributed by atoms with E-state index in [1.807, 2.05) is 6.20 Å². The number of hydrogen-bond acceptors (Lipinski definition) is 3. The van der Waals surface area contributed by atoms with Crippen LogP contribution >= 0.6 is 11.8 Å². The Hall–Kier alpha value is -0.950. The molecule has 2 heterocycles. The molecule has 1 aromatic rings. The summed E-state index contributed by atoms with van der Waals surface area (Å²) in [6, 6.07) is 2.09. The van der Waals surface area contributed by atoms with Crippen LogP contribution in [0.25, 0.3) is 0 Å². The van der Waals surface area contributed by atoms with Crippen LogP contribution in [0.1, 0.15) is 5.69 Å². The average molecular weight is 165 g/mol. The Morgan fingerprint density at radius 3 is 3.45 bits per heavy atom. The zero-order valence-electron chi connectivity index (χ0n) is 5.95. The summed E-state index contributed by atoms with van der Waals surface area (Å²) in [6.45, 7) is 1.04. The summed E-state index contributed by atoms with van der Waals surface area (Å²) >= 11 is 1.76. The Labute approximate surface area is 69.0 Å². The summed E-state index contributed by atoms with van der Waals surface area (Å²) in [5, 5.41) is 9.47. The van der Waals surface area contributed by atoms with Crippen LogP contribution in [0.2, 0.25) is 0 Å². The molecule has 4 heteroatoms. The van der Waals surface area contributed by atoms with Gasteiger partial charge in [0.2, 0.25) is 0 Å². The fraction of sp³-hybridized carbons (Fsp3) is 0.429. The third kappa shape index (κ3) is 1.12. The van der Waals surface area contributed by atoms with Gasteiger partial charge >= 0.3 is 0 Å². The molecule has 0 aromatic carbocycles. The van der Waals surface area contributed by atoms with Gasteiger partial charge < -0.3 is 4.57 Å². The Morgan fingerprint density at radius 2 is 2.73 bits per heavy atom. The van der Waals surface area contributed by atoms with Gasteiger partial charge in [0.25, 0.3) is 0 Å². The van der Waals surface area contributed by atoms with Gasteiger partial charge in [-0.1, -0.05) is 11.8 Å². The summed E-state index contributed by atoms with van der Waals surface area (Å²) in [5.74, 6) is 1.12. The molecule has 0 atom stereocenters. The second kappa shape index (κ2) is 2.59. The van der Waals surface area contributed by atoms with Crippen LogP contribution in [-0.4, -0.2) is 15.3 Å². The number of aromatic nitrogens is 2. The number of thioether (sulfide) groups is 1. The molecule has 1 aromatic heterocycles. The number of aryl methyl sites for hydroxylation is 1. The Kier molecular flexibility index (Phi) is 1.59. The van der Waals surface area contributed by atoms with Gasteiger partial charge in [-0.05, 0) is 0 Å². The van der Waals surface area contributed by atoms with Crippen molar-refractivity contribution in [3.63, 3.8) is 0 Å². The highest BCUT2D eigenvalue weighted by atomic mass is 32.2. The van der Waals surface area contributed by atoms with Crippen molar-refractivity contribution >= 4 is 11.8 Å². The third-order valence-electron chi connectivity index (χ3n) is 1.61. The van der Waals surface area contributed by atoms with Crippen molar-refractivity contribution in [3.8, 4) is 6.07 Å². The Bertz CT molecular complexity index is 288. The van der Waals surface area contributed by atoms with Gasteiger partial charge in [-0.15, -0.1) is 0 Å². The minimum atomic E-state index is 0.431. The van der Waals surface area contributed by atoms with E-state index in [2.05, 4.69) is 15.6 Å². The molecule has 11 heavy (non-hydrogen) atoms. The molecule has 1 aliphatic rings. The first-order valence-corrected chi connectivity index (χ1v) is 4.44. The molecular formula is C7H7N3S. The summed E-state index contributed by atoms with van der Waals surface area (Å²) in [7, 11) is 0. The number of rotatable bonds is 1. The second-order valence-corrected chi connectivity index (χ2v) is 3.45. The van der Waals surface area contributed by atoms with E-state index in [0.717, 1.165) is 23.1 Å². The van der Waals surface area contributed by atoms with Crippen molar-refractivity contribution in [2.45, 2.75) is 18.1 Å². The molecule has 0 fully saturated rings. The van der Waals surface area contributed by atoms with Crippen LogP contribution in [0.5, 0.6) is 0 Å². The fourth-order valence-corrected chi connectivity index (χ4v) is 2.09. The Balaban J connectivity index is 2.29. The number of nitriles is 1. The van der Waals surface area contributed by atoms with Gasteiger partial charge in [0.1, 0.15) is 0 Å². The fourth-order valence-electron chi connectivity index (χ4n) is 1.13. The van der Waals surface area contributed by atoms with Crippen LogP contribution in [-0.2, 0) is 13.0 Å². The largest absolute Gasteiger partial charge is 0.325 e. The van der Waals surface area contributed by atoms with E-state index >= 15 is 0 Å². The number of hydrogen-bond donors (Lipinski definition) is 0. The van der Waals surface area contributed by atoms with E-state index in [1.165, 1.54) is 0 Å². The zero-order valence-corrected chi connectivity index (χ0v) is 6.77. The highest BCUT2D eigenvalue weighted by Gasteiger charge is 2.13. The molecule has 0 amide bonds. The predicted molar refractivity (Wildman–Crippen MR) is 42.3 cm³/mol. The van der Waals surface area contributed by atoms with E-state index in [1.54, 1.807) is 11.8 Å². The topological polar surface area (TPSA) is 41.6 Å². The second-order valence-electron chi connectivity index (χ2n) is 2.39. The summed E-state index contributed by atoms with van der Waals surface area (Å²) in [6.07, 6.45) is 2.40. The lowest BCUT2D eigenvalue weighted by molar-refractivity contribution is 0.719. The molecule has 0 radical (unpaired) electrons. The molecule has 0 N–H and O–H groups in total. The average Bonchev–Trinajstić information content (AvgIpc) is 2.46. The molecule has 2 rings (SSSR count). The summed E-state index contributed by atoms with van der Waals surface area (Å²) in [5.41, 5.74) is 0.898. The first kappa shape index (κ1) is 6.74. The number of imidazole rings is 1. The van der Waals surface area contributed by atoms with Gasteiger partial charge in [-0.3, -0.25) is 0 Å². The molecule has 0 spiro atoms. The maximum absolute atomic E-state index is 8.40. The smallest absolute Gasteiger partial charge is 0.168 e. The monoisotopic (exact) mass is 165 g/mol. The SMILES string of the molecule is N#CCc1cn2c(n1)SCC2. The van der Waals surface area contributed by atoms with Crippen LogP contribution in [0.4, 0.5) is 0 Å². The van der Waals surface area contributed by atoms with Gasteiger partial charge in [0.15, 0.2) is 5.16 Å². The van der Waals surface area contributed by atoms with Crippen molar-refractivity contribution in [1.82, 2.24) is 9.55 Å². The van der Waals surface area contributed by atoms with E-state index in [4.69, 9.17) is 5.26 Å². The van der Waals surface area contributed by atoms with Crippen molar-refractivity contribution < 1.29 is 0 Å². The maximum atomic E-state index is 8.40. The lowest BCUT2D eigenvalue weighted by atomic mass is 10.4. The summed E-state index contributed by atoms with van der Waals surface area (Å²) in [4.78, 5) is 4.28. The quantitative estimate of drug-likeness (QED) is 0.624. The van der Waals surface area contributed by atoms with Crippen molar-refractivity contribution in [3.05, 3.63) is 11.9 Å². The highest BCUT2D eigenvalue weighted by molar-refractivity contribution is 7.99. The molecule has 0 bridgehead atoms. The first-order valence-electron chi connectivity index (χ1n) is 3.46. The minimum absolute atomic E-state index is 0.431. The first-order chi connectivity index (χ1) is 5.40. The van der Waals surface area contributed by atoms with Crippen molar-refractivity contribution in [2.24, 2.45) is 0 Å². The molecule has 0 aliphatic carbocycles. The van der Waals surface area contributed by atoms with Crippen LogP contribution in [0, 0.1) is 11.3 Å². The maximum Gasteiger partial charge on any atom is 0.168 e. The number of fused-ring (bicyclic) bond motifs is 1. The van der Waals surface area contributed by atoms with Crippen LogP contribution in [0.15, 0.2) is 11.4 Å². The molecule has 0 saturated carbocycles. The third-order valence-corrected chi connectivity index (χ3v) is 2.58. The van der Waals surface area contributed by atoms with E-state index < -0.39 is 0 Å². The highest BCUT2D eigenvalue weighted by Crippen LogP contribution is 2.24. The zero-order chi connectivity index (χ0) is 7.68. The molecule has 56 valence electrons. The summed E-state index contributed by atoms with van der Waals surface area (Å²) < 4.78 is 2.11. The Morgan fingerprint density at radius 1 is 1.82 bits per heavy atom. The van der Waals surface area contributed by atoms with Gasteiger partial charge in [0, 0.05) is 18.5 Å². The van der Waals surface area contributed by atoms with E-state index in [0.29, 0.717) is 6.42 Å². The standard InChI is InChI=1S/C7H7N3S/c8-2-1-6-5-10-3-4-11-7(10)9-6/h5H,1,3-4H2. The van der Waals surface area contributed by atoms with E-state index in [9.17, 15) is 0 Å².